The molecule has 0 radical (unpaired) electrons. The van der Waals surface area contributed by atoms with Gasteiger partial charge in [-0.1, -0.05) is 81.1 Å². The van der Waals surface area contributed by atoms with Crippen molar-refractivity contribution in [1.82, 2.24) is 0 Å². The molecule has 0 fully saturated rings. The first-order chi connectivity index (χ1) is 31.7. The van der Waals surface area contributed by atoms with Crippen molar-refractivity contribution in [3.8, 4) is 23.0 Å². The van der Waals surface area contributed by atoms with Crippen LogP contribution in [0.1, 0.15) is 126 Å². The lowest BCUT2D eigenvalue weighted by Gasteiger charge is -2.25. The summed E-state index contributed by atoms with van der Waals surface area (Å²) in [7, 11) is -19.9. The van der Waals surface area contributed by atoms with E-state index in [4.69, 9.17) is 18.9 Å². The SMILES string of the molecule is CCC(C)COc1c2cc(S(=O)(=O)O)cc1Cc1cc(S(=O)(=O)O)cc(c1OCC(C)CC)Cc1cc(S(=O)(=O)O)cc(c1OCC(C)CC)Cc1cc(S(=O)(=O)O)cc(c1OCC(C)CC)C2. The lowest BCUT2D eigenvalue weighted by molar-refractivity contribution is 0.247. The minimum atomic E-state index is -4.98. The molecule has 20 heteroatoms. The summed E-state index contributed by atoms with van der Waals surface area (Å²) in [4.78, 5) is -2.29. The Balaban J connectivity index is 2.07. The van der Waals surface area contributed by atoms with E-state index in [1.807, 2.05) is 55.4 Å². The zero-order valence-corrected chi connectivity index (χ0v) is 43.0. The second kappa shape index (κ2) is 22.2. The van der Waals surface area contributed by atoms with E-state index < -0.39 is 60.1 Å². The minimum absolute atomic E-state index is 0.0408. The first-order valence-corrected chi connectivity index (χ1v) is 28.5. The predicted molar refractivity (Wildman–Crippen MR) is 256 cm³/mol. The van der Waals surface area contributed by atoms with Crippen molar-refractivity contribution in [2.45, 2.75) is 126 Å². The number of ether oxygens (including phenoxy) is 4. The third-order valence-corrected chi connectivity index (χ3v) is 15.7. The molecule has 0 amide bonds. The molecule has 4 unspecified atom stereocenters. The Hall–Kier alpha value is -4.28. The van der Waals surface area contributed by atoms with Crippen molar-refractivity contribution >= 4 is 40.5 Å². The van der Waals surface area contributed by atoms with Crippen LogP contribution in [0, 0.1) is 23.7 Å². The molecule has 0 aliphatic heterocycles. The van der Waals surface area contributed by atoms with E-state index in [0.717, 1.165) is 0 Å². The molecule has 0 saturated heterocycles. The molecule has 8 bridgehead atoms. The van der Waals surface area contributed by atoms with Gasteiger partial charge >= 0.3 is 0 Å². The number of hydrogen-bond acceptors (Lipinski definition) is 12. The largest absolute Gasteiger partial charge is 0.493 e. The van der Waals surface area contributed by atoms with E-state index in [2.05, 4.69) is 0 Å². The summed E-state index contributed by atoms with van der Waals surface area (Å²) < 4.78 is 174. The molecule has 376 valence electrons. The standard InChI is InChI=1S/C48H64O16S4/c1-9-29(5)25-61-45-33-13-35-19-42(66(52,53)54)21-37(46(35)62-26-30(6)10-2)15-39-23-44(68(58,59)60)24-40(48(39)64-28-32(8)12-4)16-38-22-43(67(55,56)57)20-36(47(38)63-27-31(7)11-3)14-34(45)18-41(17-33)65(49,50)51/h17-24,29-32H,9-16,25-28H2,1-8H3,(H,49,50,51)(H,52,53,54)(H,55,56,57)(H,58,59,60). The van der Waals surface area contributed by atoms with Crippen molar-refractivity contribution in [2.75, 3.05) is 26.4 Å². The van der Waals surface area contributed by atoms with Crippen LogP contribution in [0.4, 0.5) is 0 Å². The second-order valence-corrected chi connectivity index (χ2v) is 23.9. The summed E-state index contributed by atoms with van der Waals surface area (Å²) in [6.45, 7) is 15.9. The van der Waals surface area contributed by atoms with E-state index in [0.29, 0.717) is 25.7 Å². The Morgan fingerprint density at radius 1 is 0.353 bits per heavy atom. The summed E-state index contributed by atoms with van der Waals surface area (Å²) in [5.41, 5.74) is 0.991. The summed E-state index contributed by atoms with van der Waals surface area (Å²) in [5.74, 6) is 0.307. The van der Waals surface area contributed by atoms with Crippen LogP contribution in [-0.4, -0.2) is 78.3 Å². The average molecular weight is 1030 g/mol. The highest BCUT2D eigenvalue weighted by molar-refractivity contribution is 7.86. The molecule has 4 aromatic rings. The van der Waals surface area contributed by atoms with Crippen LogP contribution < -0.4 is 18.9 Å². The fourth-order valence-electron chi connectivity index (χ4n) is 7.47. The van der Waals surface area contributed by atoms with Gasteiger partial charge < -0.3 is 18.9 Å². The molecule has 4 aromatic carbocycles. The maximum atomic E-state index is 13.1. The highest BCUT2D eigenvalue weighted by Crippen LogP contribution is 2.43. The molecule has 4 N–H and O–H groups in total. The topological polar surface area (TPSA) is 254 Å². The van der Waals surface area contributed by atoms with Gasteiger partial charge in [-0.25, -0.2) is 0 Å². The van der Waals surface area contributed by atoms with Crippen LogP contribution in [0.5, 0.6) is 23.0 Å². The molecule has 0 aromatic heterocycles. The molecular weight excluding hydrogens is 961 g/mol. The van der Waals surface area contributed by atoms with Crippen LogP contribution >= 0.6 is 0 Å². The number of benzene rings is 4. The zero-order valence-electron chi connectivity index (χ0n) is 39.7. The van der Waals surface area contributed by atoms with Gasteiger partial charge in [-0.2, -0.15) is 33.7 Å². The van der Waals surface area contributed by atoms with Crippen molar-refractivity contribution in [2.24, 2.45) is 23.7 Å². The number of fused-ring (bicyclic) bond motifs is 8. The van der Waals surface area contributed by atoms with E-state index in [9.17, 15) is 51.9 Å². The fraction of sp³-hybridized carbons (Fsp3) is 0.500. The highest BCUT2D eigenvalue weighted by Gasteiger charge is 2.29. The second-order valence-electron chi connectivity index (χ2n) is 18.2. The summed E-state index contributed by atoms with van der Waals surface area (Å²) >= 11 is 0. The summed E-state index contributed by atoms with van der Waals surface area (Å²) in [6.07, 6.45) is 1.38. The average Bonchev–Trinajstić information content (AvgIpc) is 3.25. The Morgan fingerprint density at radius 3 is 0.618 bits per heavy atom. The van der Waals surface area contributed by atoms with Gasteiger partial charge in [0.05, 0.1) is 46.0 Å². The van der Waals surface area contributed by atoms with Crippen molar-refractivity contribution in [1.29, 1.82) is 0 Å². The number of hydrogen-bond donors (Lipinski definition) is 4. The first-order valence-electron chi connectivity index (χ1n) is 22.7. The van der Waals surface area contributed by atoms with Gasteiger partial charge in [0.15, 0.2) is 0 Å². The van der Waals surface area contributed by atoms with Crippen LogP contribution in [0.3, 0.4) is 0 Å². The normalized spacial score (nSPS) is 15.2. The monoisotopic (exact) mass is 1020 g/mol. The molecule has 68 heavy (non-hydrogen) atoms. The van der Waals surface area contributed by atoms with Crippen LogP contribution in [0.2, 0.25) is 0 Å². The van der Waals surface area contributed by atoms with E-state index >= 15 is 0 Å². The summed E-state index contributed by atoms with van der Waals surface area (Å²) in [6, 6.07) is 9.41. The Kier molecular flexibility index (Phi) is 17.9. The van der Waals surface area contributed by atoms with Gasteiger partial charge in [-0.05, 0) is 72.2 Å². The summed E-state index contributed by atoms with van der Waals surface area (Å²) in [5, 5.41) is 0. The molecule has 5 rings (SSSR count). The van der Waals surface area contributed by atoms with Crippen LogP contribution in [0.15, 0.2) is 68.1 Å². The Morgan fingerprint density at radius 2 is 0.500 bits per heavy atom. The lowest BCUT2D eigenvalue weighted by Crippen LogP contribution is -2.16. The van der Waals surface area contributed by atoms with Gasteiger partial charge in [-0.15, -0.1) is 0 Å². The van der Waals surface area contributed by atoms with E-state index in [1.54, 1.807) is 0 Å². The molecule has 1 aliphatic carbocycles. The minimum Gasteiger partial charge on any atom is -0.493 e. The fourth-order valence-corrected chi connectivity index (χ4v) is 9.80. The third kappa shape index (κ3) is 13.9. The van der Waals surface area contributed by atoms with Crippen molar-refractivity contribution in [3.63, 3.8) is 0 Å². The van der Waals surface area contributed by atoms with Gasteiger partial charge in [-0.3, -0.25) is 18.2 Å². The van der Waals surface area contributed by atoms with Crippen LogP contribution in [0.25, 0.3) is 0 Å². The Labute approximate surface area is 401 Å². The van der Waals surface area contributed by atoms with Gasteiger partial charge in [0.1, 0.15) is 23.0 Å². The molecule has 0 saturated carbocycles. The van der Waals surface area contributed by atoms with Gasteiger partial charge in [0.2, 0.25) is 0 Å². The van der Waals surface area contributed by atoms with Crippen molar-refractivity contribution < 1.29 is 70.8 Å². The Bertz CT molecular complexity index is 2440. The van der Waals surface area contributed by atoms with E-state index in [-0.39, 0.29) is 143 Å². The highest BCUT2D eigenvalue weighted by atomic mass is 32.2. The quantitative estimate of drug-likeness (QED) is 0.0530. The maximum Gasteiger partial charge on any atom is 0.294 e. The zero-order chi connectivity index (χ0) is 50.5. The smallest absolute Gasteiger partial charge is 0.294 e. The maximum absolute atomic E-state index is 13.1. The predicted octanol–water partition coefficient (Wildman–Crippen LogP) is 9.05. The molecule has 0 heterocycles. The molecule has 0 spiro atoms. The molecule has 1 aliphatic rings. The molecule has 4 atom stereocenters. The molecule has 16 nitrogen and oxygen atoms in total. The van der Waals surface area contributed by atoms with Crippen molar-refractivity contribution in [3.05, 3.63) is 93.0 Å². The molecular formula is C48H64O16S4. The number of rotatable bonds is 20. The third-order valence-electron chi connectivity index (χ3n) is 12.4. The lowest BCUT2D eigenvalue weighted by atomic mass is 9.91. The van der Waals surface area contributed by atoms with Crippen LogP contribution in [-0.2, 0) is 66.2 Å². The first kappa shape index (κ1) is 54.7. The van der Waals surface area contributed by atoms with E-state index in [1.165, 1.54) is 48.5 Å². The van der Waals surface area contributed by atoms with Gasteiger partial charge in [0.25, 0.3) is 40.5 Å². The van der Waals surface area contributed by atoms with Gasteiger partial charge in [0, 0.05) is 70.2 Å².